The van der Waals surface area contributed by atoms with Crippen LogP contribution in [0.1, 0.15) is 154 Å². The molecule has 284 valence electrons. The lowest BCUT2D eigenvalue weighted by Gasteiger charge is -2.73. The van der Waals surface area contributed by atoms with Crippen molar-refractivity contribution in [3.05, 3.63) is 34.9 Å². The highest BCUT2D eigenvalue weighted by atomic mass is 16.5. The van der Waals surface area contributed by atoms with Crippen molar-refractivity contribution < 1.29 is 19.1 Å². The lowest BCUT2D eigenvalue weighted by molar-refractivity contribution is -0.251. The smallest absolute Gasteiger partial charge is 0.358 e. The summed E-state index contributed by atoms with van der Waals surface area (Å²) in [7, 11) is 0. The van der Waals surface area contributed by atoms with Crippen LogP contribution < -0.4 is 5.73 Å². The molecule has 5 aliphatic carbocycles. The molecule has 5 fully saturated rings. The maximum Gasteiger partial charge on any atom is 0.358 e. The third-order valence-electron chi connectivity index (χ3n) is 17.1. The maximum atomic E-state index is 13.6. The minimum atomic E-state index is -0.561. The van der Waals surface area contributed by atoms with Gasteiger partial charge in [-0.25, -0.2) is 9.78 Å². The van der Waals surface area contributed by atoms with Gasteiger partial charge in [0.05, 0.1) is 23.7 Å². The second-order valence-corrected chi connectivity index (χ2v) is 19.6. The number of aromatic nitrogens is 2. The van der Waals surface area contributed by atoms with Gasteiger partial charge in [-0.1, -0.05) is 67.0 Å². The summed E-state index contributed by atoms with van der Waals surface area (Å²) < 4.78 is 12.6. The summed E-state index contributed by atoms with van der Waals surface area (Å²) >= 11 is 0. The molecule has 7 heteroatoms. The summed E-state index contributed by atoms with van der Waals surface area (Å²) in [6.07, 6.45) is 12.1. The van der Waals surface area contributed by atoms with Crippen LogP contribution >= 0.6 is 0 Å². The average Bonchev–Trinajstić information content (AvgIpc) is 3.46. The summed E-state index contributed by atoms with van der Waals surface area (Å²) in [6, 6.07) is -0.561. The molecule has 1 heterocycles. The van der Waals surface area contributed by atoms with Crippen molar-refractivity contribution in [1.82, 2.24) is 9.97 Å². The summed E-state index contributed by atoms with van der Waals surface area (Å²) in [6.45, 7) is 29.7. The Kier molecular flexibility index (Phi) is 9.98. The van der Waals surface area contributed by atoms with Crippen LogP contribution in [0.3, 0.4) is 0 Å². The molecule has 0 aromatic carbocycles. The van der Waals surface area contributed by atoms with Gasteiger partial charge in [0, 0.05) is 10.8 Å². The van der Waals surface area contributed by atoms with Gasteiger partial charge in [0.15, 0.2) is 5.69 Å². The Labute approximate surface area is 309 Å². The van der Waals surface area contributed by atoms with Crippen molar-refractivity contribution in [2.45, 2.75) is 159 Å². The molecule has 5 saturated carbocycles. The topological polar surface area (TPSA) is 104 Å². The first-order valence-corrected chi connectivity index (χ1v) is 20.4. The third-order valence-corrected chi connectivity index (χ3v) is 17.1. The van der Waals surface area contributed by atoms with Crippen LogP contribution in [-0.2, 0) is 14.3 Å². The molecular formula is C44H69N3O4. The van der Waals surface area contributed by atoms with Gasteiger partial charge in [0.2, 0.25) is 0 Å². The molecule has 1 aromatic heterocycles. The van der Waals surface area contributed by atoms with E-state index in [9.17, 15) is 9.59 Å². The zero-order valence-electron chi connectivity index (χ0n) is 33.9. The molecule has 0 aliphatic heterocycles. The third kappa shape index (κ3) is 5.84. The van der Waals surface area contributed by atoms with E-state index in [2.05, 4.69) is 65.0 Å². The summed E-state index contributed by atoms with van der Waals surface area (Å²) in [5.41, 5.74) is 10.7. The number of aryl methyl sites for hydroxylation is 3. The van der Waals surface area contributed by atoms with Crippen molar-refractivity contribution in [2.24, 2.45) is 68.3 Å². The first-order chi connectivity index (χ1) is 23.8. The van der Waals surface area contributed by atoms with Gasteiger partial charge in [-0.2, -0.15) is 0 Å². The highest BCUT2D eigenvalue weighted by Gasteiger charge is 2.71. The molecule has 51 heavy (non-hydrogen) atoms. The Morgan fingerprint density at radius 2 is 1.55 bits per heavy atom. The Morgan fingerprint density at radius 3 is 2.22 bits per heavy atom. The quantitative estimate of drug-likeness (QED) is 0.212. The maximum absolute atomic E-state index is 13.6. The fourth-order valence-electron chi connectivity index (χ4n) is 13.6. The molecule has 6 rings (SSSR count). The van der Waals surface area contributed by atoms with Gasteiger partial charge in [-0.3, -0.25) is 9.78 Å². The molecule has 0 bridgehead atoms. The summed E-state index contributed by atoms with van der Waals surface area (Å²) in [5.74, 6) is 2.13. The van der Waals surface area contributed by atoms with E-state index in [1.165, 1.54) is 31.3 Å². The molecule has 0 unspecified atom stereocenters. The number of hydrogen-bond acceptors (Lipinski definition) is 7. The van der Waals surface area contributed by atoms with Crippen LogP contribution in [0.25, 0.3) is 0 Å². The van der Waals surface area contributed by atoms with E-state index in [1.54, 1.807) is 0 Å². The molecule has 0 spiro atoms. The number of nitrogens with zero attached hydrogens (tertiary/aromatic N) is 2. The van der Waals surface area contributed by atoms with E-state index in [0.29, 0.717) is 47.6 Å². The van der Waals surface area contributed by atoms with Crippen LogP contribution in [-0.4, -0.2) is 40.7 Å². The highest BCUT2D eigenvalue weighted by Crippen LogP contribution is 2.77. The fourth-order valence-corrected chi connectivity index (χ4v) is 13.6. The molecule has 12 atom stereocenters. The van der Waals surface area contributed by atoms with Crippen LogP contribution in [0, 0.1) is 83.4 Å². The van der Waals surface area contributed by atoms with Gasteiger partial charge in [-0.05, 0) is 144 Å². The number of carbonyl (C=O) groups excluding carboxylic acids is 2. The van der Waals surface area contributed by atoms with Crippen LogP contribution in [0.4, 0.5) is 0 Å². The average molecular weight is 704 g/mol. The van der Waals surface area contributed by atoms with Gasteiger partial charge in [-0.15, -0.1) is 0 Å². The number of allylic oxidation sites excluding steroid dienone is 1. The van der Waals surface area contributed by atoms with E-state index >= 15 is 0 Å². The number of rotatable bonds is 8. The molecular weight excluding hydrogens is 635 g/mol. The van der Waals surface area contributed by atoms with Gasteiger partial charge in [0.25, 0.3) is 0 Å². The zero-order valence-corrected chi connectivity index (χ0v) is 33.9. The standard InChI is InChI=1S/C44H69N3O4/c1-13-26(4)36(45)38(48)51-34-18-19-41(10)32(40(34,8)9)17-20-43(12)33(41)15-14-31-35-30(25(2)3)16-21-44(35,23-22-42(31,43)11)24-50-39(49)37-29(7)46-27(5)28(6)47-37/h26,30-36H,2,13-24,45H2,1,3-12H3/t26-,30-,31+,32-,33+,34-,35+,36-,41-,42+,43+,44+/m0/s1. The van der Waals surface area contributed by atoms with Gasteiger partial charge in [0.1, 0.15) is 12.1 Å². The van der Waals surface area contributed by atoms with Crippen LogP contribution in [0.2, 0.25) is 0 Å². The Hall–Kier alpha value is -2.28. The number of fused-ring (bicyclic) bond motifs is 7. The SMILES string of the molecule is C=C(C)[C@@H]1CC[C@]2(COC(=O)c3nc(C)c(C)nc3C)CC[C@]3(C)[C@H](CC[C@@H]4[C@@]5(C)CC[C@H](OC(=O)[C@@H](N)[C@@H](C)CC)C(C)(C)[C@@H]5CC[C@]43C)[C@@H]12. The fraction of sp³-hybridized carbons (Fsp3) is 0.818. The van der Waals surface area contributed by atoms with Crippen molar-refractivity contribution in [3.8, 4) is 0 Å². The normalized spacial score (nSPS) is 40.9. The van der Waals surface area contributed by atoms with Crippen LogP contribution in [0.5, 0.6) is 0 Å². The van der Waals surface area contributed by atoms with Crippen molar-refractivity contribution in [1.29, 1.82) is 0 Å². The number of carbonyl (C=O) groups is 2. The van der Waals surface area contributed by atoms with E-state index in [1.807, 2.05) is 27.7 Å². The summed E-state index contributed by atoms with van der Waals surface area (Å²) in [4.78, 5) is 36.0. The van der Waals surface area contributed by atoms with E-state index < -0.39 is 6.04 Å². The summed E-state index contributed by atoms with van der Waals surface area (Å²) in [5, 5.41) is 0. The Bertz CT molecular complexity index is 1550. The van der Waals surface area contributed by atoms with Crippen molar-refractivity contribution >= 4 is 11.9 Å². The predicted octanol–water partition coefficient (Wildman–Crippen LogP) is 9.50. The lowest BCUT2D eigenvalue weighted by atomic mass is 9.32. The Morgan fingerprint density at radius 1 is 0.863 bits per heavy atom. The number of nitrogens with two attached hydrogens (primary N) is 1. The predicted molar refractivity (Wildman–Crippen MR) is 203 cm³/mol. The largest absolute Gasteiger partial charge is 0.461 e. The van der Waals surface area contributed by atoms with Crippen molar-refractivity contribution in [3.63, 3.8) is 0 Å². The molecule has 0 amide bonds. The molecule has 5 aliphatic rings. The van der Waals surface area contributed by atoms with E-state index in [0.717, 1.165) is 56.3 Å². The minimum absolute atomic E-state index is 0.0329. The number of esters is 2. The second-order valence-electron chi connectivity index (χ2n) is 19.6. The molecule has 2 N–H and O–H groups in total. The van der Waals surface area contributed by atoms with Crippen molar-refractivity contribution in [2.75, 3.05) is 6.61 Å². The number of ether oxygens (including phenoxy) is 2. The minimum Gasteiger partial charge on any atom is -0.461 e. The second kappa shape index (κ2) is 13.2. The lowest BCUT2D eigenvalue weighted by Crippen LogP contribution is -2.67. The molecule has 1 aromatic rings. The van der Waals surface area contributed by atoms with Gasteiger partial charge < -0.3 is 15.2 Å². The van der Waals surface area contributed by atoms with E-state index in [4.69, 9.17) is 15.2 Å². The monoisotopic (exact) mass is 704 g/mol. The highest BCUT2D eigenvalue weighted by molar-refractivity contribution is 5.88. The van der Waals surface area contributed by atoms with E-state index in [-0.39, 0.29) is 51.0 Å². The van der Waals surface area contributed by atoms with Gasteiger partial charge >= 0.3 is 11.9 Å². The zero-order chi connectivity index (χ0) is 37.5. The first-order valence-electron chi connectivity index (χ1n) is 20.4. The molecule has 7 nitrogen and oxygen atoms in total. The number of hydrogen-bond donors (Lipinski definition) is 1. The molecule has 0 radical (unpaired) electrons. The Balaban J connectivity index is 1.25. The first kappa shape index (κ1) is 38.4. The van der Waals surface area contributed by atoms with Crippen LogP contribution in [0.15, 0.2) is 12.2 Å². The molecule has 0 saturated heterocycles.